The maximum atomic E-state index is 13.5. The van der Waals surface area contributed by atoms with E-state index in [9.17, 15) is 19.1 Å². The van der Waals surface area contributed by atoms with Crippen LogP contribution in [-0.4, -0.2) is 53.1 Å². The fourth-order valence-electron chi connectivity index (χ4n) is 4.00. The van der Waals surface area contributed by atoms with Crippen LogP contribution in [0.15, 0.2) is 42.5 Å². The highest BCUT2D eigenvalue weighted by molar-refractivity contribution is 6.34. The summed E-state index contributed by atoms with van der Waals surface area (Å²) in [6.45, 7) is 3.97. The van der Waals surface area contributed by atoms with Gasteiger partial charge in [-0.15, -0.1) is 0 Å². The number of benzene rings is 2. The van der Waals surface area contributed by atoms with Crippen LogP contribution in [-0.2, 0) is 10.2 Å². The van der Waals surface area contributed by atoms with Crippen LogP contribution in [0.2, 0.25) is 10.0 Å². The van der Waals surface area contributed by atoms with Crippen LogP contribution in [0.25, 0.3) is 0 Å². The number of hydrogen-bond donors (Lipinski definition) is 1. The Morgan fingerprint density at radius 2 is 1.67 bits per heavy atom. The van der Waals surface area contributed by atoms with E-state index in [0.29, 0.717) is 15.6 Å². The van der Waals surface area contributed by atoms with Gasteiger partial charge in [0.15, 0.2) is 0 Å². The minimum atomic E-state index is -1.05. The maximum Gasteiger partial charge on any atom is 0.407 e. The van der Waals surface area contributed by atoms with Gasteiger partial charge in [0, 0.05) is 36.1 Å². The maximum absolute atomic E-state index is 13.5. The third kappa shape index (κ3) is 4.40. The zero-order valence-corrected chi connectivity index (χ0v) is 18.4. The van der Waals surface area contributed by atoms with Gasteiger partial charge in [-0.2, -0.15) is 0 Å². The first-order valence-electron chi connectivity index (χ1n) is 9.48. The Kier molecular flexibility index (Phi) is 6.29. The van der Waals surface area contributed by atoms with Crippen molar-refractivity contribution in [3.05, 3.63) is 69.5 Å². The Bertz CT molecular complexity index is 945. The van der Waals surface area contributed by atoms with E-state index in [1.807, 2.05) is 0 Å². The highest BCUT2D eigenvalue weighted by atomic mass is 35.5. The quantitative estimate of drug-likeness (QED) is 0.708. The molecule has 0 saturated carbocycles. The van der Waals surface area contributed by atoms with Crippen LogP contribution in [0, 0.1) is 5.82 Å². The lowest BCUT2D eigenvalue weighted by Gasteiger charge is -2.35. The molecule has 160 valence electrons. The van der Waals surface area contributed by atoms with Gasteiger partial charge >= 0.3 is 6.09 Å². The Morgan fingerprint density at radius 1 is 1.10 bits per heavy atom. The fraction of sp³-hybridized carbons (Fsp3) is 0.364. The van der Waals surface area contributed by atoms with Crippen molar-refractivity contribution in [2.75, 3.05) is 20.1 Å². The van der Waals surface area contributed by atoms with Crippen molar-refractivity contribution in [3.8, 4) is 0 Å². The Morgan fingerprint density at radius 3 is 2.20 bits per heavy atom. The van der Waals surface area contributed by atoms with Crippen LogP contribution in [0.4, 0.5) is 9.18 Å². The molecule has 1 saturated heterocycles. The fourth-order valence-corrected chi connectivity index (χ4v) is 4.53. The summed E-state index contributed by atoms with van der Waals surface area (Å²) in [6.07, 6.45) is -1.05. The second-order valence-corrected chi connectivity index (χ2v) is 8.99. The van der Waals surface area contributed by atoms with E-state index >= 15 is 0 Å². The van der Waals surface area contributed by atoms with E-state index in [1.165, 1.54) is 17.0 Å². The monoisotopic (exact) mass is 452 g/mol. The van der Waals surface area contributed by atoms with Crippen LogP contribution >= 0.6 is 23.2 Å². The van der Waals surface area contributed by atoms with E-state index in [0.717, 1.165) is 5.56 Å². The number of likely N-dealkylation sites (tertiary alicyclic amines) is 1. The molecule has 2 aromatic carbocycles. The summed E-state index contributed by atoms with van der Waals surface area (Å²) < 4.78 is 13.4. The van der Waals surface area contributed by atoms with Crippen LogP contribution in [0.1, 0.15) is 30.9 Å². The molecule has 5 nitrogen and oxygen atoms in total. The molecule has 0 spiro atoms. The first-order valence-corrected chi connectivity index (χ1v) is 10.2. The van der Waals surface area contributed by atoms with Gasteiger partial charge in [0.2, 0.25) is 5.91 Å². The number of carbonyl (C=O) groups excluding carboxylic acids is 1. The molecule has 0 bridgehead atoms. The van der Waals surface area contributed by atoms with Crippen molar-refractivity contribution in [2.45, 2.75) is 31.2 Å². The molecule has 1 heterocycles. The molecule has 1 aliphatic rings. The average Bonchev–Trinajstić information content (AvgIpc) is 3.12. The van der Waals surface area contributed by atoms with E-state index in [2.05, 4.69) is 0 Å². The zero-order valence-electron chi connectivity index (χ0n) is 16.9. The summed E-state index contributed by atoms with van der Waals surface area (Å²) in [4.78, 5) is 28.0. The lowest BCUT2D eigenvalue weighted by atomic mass is 9.82. The van der Waals surface area contributed by atoms with Gasteiger partial charge in [-0.1, -0.05) is 35.3 Å². The smallest absolute Gasteiger partial charge is 0.407 e. The van der Waals surface area contributed by atoms with Gasteiger partial charge in [-0.05, 0) is 55.3 Å². The molecule has 30 heavy (non-hydrogen) atoms. The van der Waals surface area contributed by atoms with Crippen LogP contribution in [0.5, 0.6) is 0 Å². The predicted octanol–water partition coefficient (Wildman–Crippen LogP) is 5.01. The number of carboxylic acid groups (broad SMARTS) is 1. The molecule has 0 aliphatic carbocycles. The van der Waals surface area contributed by atoms with E-state index in [1.54, 1.807) is 56.1 Å². The second-order valence-electron chi connectivity index (χ2n) is 8.11. The van der Waals surface area contributed by atoms with Crippen molar-refractivity contribution < 1.29 is 19.1 Å². The van der Waals surface area contributed by atoms with Crippen molar-refractivity contribution >= 4 is 35.2 Å². The molecular formula is C22H23Cl2FN2O3. The number of rotatable bonds is 4. The zero-order chi connectivity index (χ0) is 22.2. The van der Waals surface area contributed by atoms with Gasteiger partial charge in [-0.3, -0.25) is 4.79 Å². The van der Waals surface area contributed by atoms with Gasteiger partial charge < -0.3 is 14.9 Å². The second kappa shape index (κ2) is 8.44. The Balaban J connectivity index is 1.93. The summed E-state index contributed by atoms with van der Waals surface area (Å²) in [5.74, 6) is -0.827. The molecule has 1 fully saturated rings. The number of carbonyl (C=O) groups is 2. The van der Waals surface area contributed by atoms with Crippen molar-refractivity contribution in [1.29, 1.82) is 0 Å². The van der Waals surface area contributed by atoms with Crippen LogP contribution in [0.3, 0.4) is 0 Å². The molecule has 2 atom stereocenters. The third-order valence-electron chi connectivity index (χ3n) is 5.79. The van der Waals surface area contributed by atoms with Crippen molar-refractivity contribution in [3.63, 3.8) is 0 Å². The average molecular weight is 453 g/mol. The van der Waals surface area contributed by atoms with Gasteiger partial charge in [0.05, 0.1) is 11.5 Å². The van der Waals surface area contributed by atoms with Gasteiger partial charge in [-0.25, -0.2) is 9.18 Å². The molecule has 0 radical (unpaired) electrons. The molecule has 0 unspecified atom stereocenters. The summed E-state index contributed by atoms with van der Waals surface area (Å²) >= 11 is 12.3. The molecule has 3 rings (SSSR count). The highest BCUT2D eigenvalue weighted by Crippen LogP contribution is 2.35. The standard InChI is InChI=1S/C22H23Cl2FN2O3/c1-22(2,14-8-15(23)10-16(24)9-14)20(28)26(3)19-12-27(21(29)30)11-18(19)13-4-6-17(25)7-5-13/h4-10,18-19H,11-12H2,1-3H3,(H,29,30)/t18-,19+/m0/s1. The normalized spacial score (nSPS) is 19.1. The summed E-state index contributed by atoms with van der Waals surface area (Å²) in [6, 6.07) is 10.6. The molecule has 1 N–H and O–H groups in total. The predicted molar refractivity (Wildman–Crippen MR) is 115 cm³/mol. The number of nitrogens with zero attached hydrogens (tertiary/aromatic N) is 2. The first kappa shape index (κ1) is 22.4. The minimum absolute atomic E-state index is 0.173. The van der Waals surface area contributed by atoms with Crippen molar-refractivity contribution in [1.82, 2.24) is 9.80 Å². The molecule has 1 aliphatic heterocycles. The number of hydrogen-bond acceptors (Lipinski definition) is 2. The lowest BCUT2D eigenvalue weighted by Crippen LogP contribution is -2.49. The first-order chi connectivity index (χ1) is 14.0. The van der Waals surface area contributed by atoms with Gasteiger partial charge in [0.1, 0.15) is 5.82 Å². The molecule has 8 heteroatoms. The van der Waals surface area contributed by atoms with E-state index in [4.69, 9.17) is 23.2 Å². The SMILES string of the molecule is CN(C(=O)C(C)(C)c1cc(Cl)cc(Cl)c1)[C@@H]1CN(C(=O)O)C[C@H]1c1ccc(F)cc1. The summed E-state index contributed by atoms with van der Waals surface area (Å²) in [5.41, 5.74) is 0.518. The largest absolute Gasteiger partial charge is 0.465 e. The topological polar surface area (TPSA) is 60.9 Å². The molecule has 2 aromatic rings. The minimum Gasteiger partial charge on any atom is -0.465 e. The molecule has 0 aromatic heterocycles. The summed E-state index contributed by atoms with van der Waals surface area (Å²) in [7, 11) is 1.67. The highest BCUT2D eigenvalue weighted by Gasteiger charge is 2.43. The van der Waals surface area contributed by atoms with E-state index < -0.39 is 17.6 Å². The van der Waals surface area contributed by atoms with E-state index in [-0.39, 0.29) is 30.7 Å². The van der Waals surface area contributed by atoms with Crippen molar-refractivity contribution in [2.24, 2.45) is 0 Å². The summed E-state index contributed by atoms with van der Waals surface area (Å²) in [5, 5.41) is 10.4. The number of halogens is 3. The number of amides is 2. The number of likely N-dealkylation sites (N-methyl/N-ethyl adjacent to an activating group) is 1. The molecule has 2 amide bonds. The molecular weight excluding hydrogens is 430 g/mol. The Labute approximate surface area is 185 Å². The third-order valence-corrected chi connectivity index (χ3v) is 6.23. The lowest BCUT2D eigenvalue weighted by molar-refractivity contribution is -0.137. The van der Waals surface area contributed by atoms with Gasteiger partial charge in [0.25, 0.3) is 0 Å². The Hall–Kier alpha value is -2.31. The van der Waals surface area contributed by atoms with Crippen LogP contribution < -0.4 is 0 Å².